The first-order chi connectivity index (χ1) is 13.1. The number of hydrogen-bond acceptors (Lipinski definition) is 4. The summed E-state index contributed by atoms with van der Waals surface area (Å²) >= 11 is 0. The molecule has 138 valence electrons. The number of hydrogen-bond donors (Lipinski definition) is 1. The summed E-state index contributed by atoms with van der Waals surface area (Å²) in [6.45, 7) is 2.34. The van der Waals surface area contributed by atoms with Crippen LogP contribution in [0.4, 0.5) is 0 Å². The van der Waals surface area contributed by atoms with Crippen LogP contribution in [0.25, 0.3) is 11.3 Å². The Bertz CT molecular complexity index is 939. The maximum Gasteiger partial charge on any atom is 0.266 e. The summed E-state index contributed by atoms with van der Waals surface area (Å²) in [5.74, 6) is -0.0391. The Morgan fingerprint density at radius 3 is 2.67 bits per heavy atom. The highest BCUT2D eigenvalue weighted by Crippen LogP contribution is 2.13. The Labute approximate surface area is 157 Å². The third-order valence-electron chi connectivity index (χ3n) is 4.27. The van der Waals surface area contributed by atoms with Crippen molar-refractivity contribution in [2.24, 2.45) is 0 Å². The third kappa shape index (κ3) is 5.10. The van der Waals surface area contributed by atoms with E-state index in [0.717, 1.165) is 11.1 Å². The first kappa shape index (κ1) is 18.5. The monoisotopic (exact) mass is 362 g/mol. The van der Waals surface area contributed by atoms with E-state index < -0.39 is 0 Å². The van der Waals surface area contributed by atoms with Crippen LogP contribution in [-0.2, 0) is 11.3 Å². The summed E-state index contributed by atoms with van der Waals surface area (Å²) < 4.78 is 1.40. The molecule has 0 saturated heterocycles. The van der Waals surface area contributed by atoms with Gasteiger partial charge in [-0.3, -0.25) is 14.6 Å². The zero-order valence-electron chi connectivity index (χ0n) is 15.2. The predicted octanol–water partition coefficient (Wildman–Crippen LogP) is 2.96. The fourth-order valence-electron chi connectivity index (χ4n) is 2.81. The van der Waals surface area contributed by atoms with Gasteiger partial charge >= 0.3 is 0 Å². The number of aryl methyl sites for hydroxylation is 1. The number of carbonyl (C=O) groups excluding carboxylic acids is 1. The lowest BCUT2D eigenvalue weighted by molar-refractivity contribution is -0.121. The van der Waals surface area contributed by atoms with Crippen molar-refractivity contribution in [2.45, 2.75) is 32.4 Å². The summed E-state index contributed by atoms with van der Waals surface area (Å²) in [5, 5.41) is 7.36. The molecule has 0 saturated carbocycles. The maximum atomic E-state index is 12.2. The Morgan fingerprint density at radius 1 is 1.11 bits per heavy atom. The molecule has 1 amide bonds. The molecule has 1 unspecified atom stereocenters. The molecule has 0 radical (unpaired) electrons. The second-order valence-electron chi connectivity index (χ2n) is 6.33. The predicted molar refractivity (Wildman–Crippen MR) is 104 cm³/mol. The van der Waals surface area contributed by atoms with Crippen molar-refractivity contribution in [1.82, 2.24) is 20.1 Å². The zero-order chi connectivity index (χ0) is 19.1. The molecule has 0 aliphatic rings. The first-order valence-corrected chi connectivity index (χ1v) is 8.96. The molecule has 6 nitrogen and oxygen atoms in total. The summed E-state index contributed by atoms with van der Waals surface area (Å²) in [7, 11) is 0. The van der Waals surface area contributed by atoms with Crippen molar-refractivity contribution >= 4 is 5.91 Å². The summed E-state index contributed by atoms with van der Waals surface area (Å²) in [6.07, 6.45) is 4.27. The minimum Gasteiger partial charge on any atom is -0.350 e. The molecule has 2 aromatic heterocycles. The van der Waals surface area contributed by atoms with Gasteiger partial charge in [-0.2, -0.15) is 5.10 Å². The molecule has 0 aliphatic carbocycles. The Hall–Kier alpha value is -3.28. The fourth-order valence-corrected chi connectivity index (χ4v) is 2.81. The van der Waals surface area contributed by atoms with Gasteiger partial charge in [-0.1, -0.05) is 30.3 Å². The Kier molecular flexibility index (Phi) is 6.10. The topological polar surface area (TPSA) is 76.9 Å². The minimum atomic E-state index is -0.180. The highest BCUT2D eigenvalue weighted by Gasteiger charge is 2.10. The minimum absolute atomic E-state index is 0.0391. The van der Waals surface area contributed by atoms with Gasteiger partial charge in [0.25, 0.3) is 5.56 Å². The Morgan fingerprint density at radius 2 is 1.93 bits per heavy atom. The van der Waals surface area contributed by atoms with Crippen LogP contribution in [0.15, 0.2) is 71.8 Å². The fraction of sp³-hybridized carbons (Fsp3) is 0.238. The molecule has 1 atom stereocenters. The number of amides is 1. The van der Waals surface area contributed by atoms with Crippen LogP contribution in [-0.4, -0.2) is 20.7 Å². The largest absolute Gasteiger partial charge is 0.350 e. The average Bonchev–Trinajstić information content (AvgIpc) is 2.70. The molecule has 2 heterocycles. The van der Waals surface area contributed by atoms with E-state index >= 15 is 0 Å². The van der Waals surface area contributed by atoms with E-state index in [1.165, 1.54) is 10.7 Å². The number of pyridine rings is 1. The van der Waals surface area contributed by atoms with Crippen LogP contribution in [0.1, 0.15) is 31.4 Å². The van der Waals surface area contributed by atoms with Gasteiger partial charge in [-0.15, -0.1) is 0 Å². The molecule has 27 heavy (non-hydrogen) atoms. The van der Waals surface area contributed by atoms with E-state index in [2.05, 4.69) is 15.4 Å². The van der Waals surface area contributed by atoms with Crippen LogP contribution in [0.2, 0.25) is 0 Å². The number of rotatable bonds is 7. The van der Waals surface area contributed by atoms with Crippen molar-refractivity contribution < 1.29 is 4.79 Å². The zero-order valence-corrected chi connectivity index (χ0v) is 15.2. The van der Waals surface area contributed by atoms with E-state index in [4.69, 9.17) is 0 Å². The van der Waals surface area contributed by atoms with Crippen molar-refractivity contribution in [3.05, 3.63) is 82.9 Å². The molecular weight excluding hydrogens is 340 g/mol. The molecule has 1 aromatic carbocycles. The van der Waals surface area contributed by atoms with Crippen LogP contribution in [0.3, 0.4) is 0 Å². The molecule has 0 spiro atoms. The lowest BCUT2D eigenvalue weighted by Gasteiger charge is -2.14. The van der Waals surface area contributed by atoms with Crippen molar-refractivity contribution in [3.8, 4) is 11.3 Å². The molecule has 0 bridgehead atoms. The van der Waals surface area contributed by atoms with Crippen molar-refractivity contribution in [2.75, 3.05) is 0 Å². The number of benzene rings is 1. The second kappa shape index (κ2) is 8.89. The van der Waals surface area contributed by atoms with Gasteiger partial charge in [0.15, 0.2) is 0 Å². The van der Waals surface area contributed by atoms with Gasteiger partial charge in [0.2, 0.25) is 5.91 Å². The van der Waals surface area contributed by atoms with Gasteiger partial charge in [0.1, 0.15) is 0 Å². The van der Waals surface area contributed by atoms with Crippen LogP contribution in [0, 0.1) is 0 Å². The molecule has 3 aromatic rings. The molecule has 0 fully saturated rings. The van der Waals surface area contributed by atoms with E-state index in [0.29, 0.717) is 25.1 Å². The standard InChI is InChI=1S/C21H22N4O2/c1-16(17-7-3-2-4-8-17)23-20(26)10-6-14-25-21(27)12-11-19(24-25)18-9-5-13-22-15-18/h2-5,7-9,11-13,15-16H,6,10,14H2,1H3,(H,23,26). The number of nitrogens with zero attached hydrogens (tertiary/aromatic N) is 3. The summed E-state index contributed by atoms with van der Waals surface area (Å²) in [4.78, 5) is 28.3. The second-order valence-corrected chi connectivity index (χ2v) is 6.33. The summed E-state index contributed by atoms with van der Waals surface area (Å²) in [5.41, 5.74) is 2.42. The van der Waals surface area contributed by atoms with Gasteiger partial charge in [0, 0.05) is 37.0 Å². The normalized spacial score (nSPS) is 11.7. The molecule has 3 rings (SSSR count). The van der Waals surface area contributed by atoms with Gasteiger partial charge in [-0.05, 0) is 37.1 Å². The van der Waals surface area contributed by atoms with Gasteiger partial charge in [-0.25, -0.2) is 4.68 Å². The van der Waals surface area contributed by atoms with E-state index in [1.807, 2.05) is 49.4 Å². The molecular formula is C21H22N4O2. The highest BCUT2D eigenvalue weighted by molar-refractivity contribution is 5.76. The first-order valence-electron chi connectivity index (χ1n) is 8.96. The lowest BCUT2D eigenvalue weighted by Crippen LogP contribution is -2.27. The quantitative estimate of drug-likeness (QED) is 0.701. The maximum absolute atomic E-state index is 12.2. The van der Waals surface area contributed by atoms with E-state index in [-0.39, 0.29) is 17.5 Å². The smallest absolute Gasteiger partial charge is 0.266 e. The number of carbonyl (C=O) groups is 1. The molecule has 6 heteroatoms. The van der Waals surface area contributed by atoms with Gasteiger partial charge in [0.05, 0.1) is 11.7 Å². The average molecular weight is 362 g/mol. The number of nitrogens with one attached hydrogen (secondary N) is 1. The SMILES string of the molecule is CC(NC(=O)CCCn1nc(-c2cccnc2)ccc1=O)c1ccccc1. The van der Waals surface area contributed by atoms with Crippen molar-refractivity contribution in [3.63, 3.8) is 0 Å². The van der Waals surface area contributed by atoms with E-state index in [9.17, 15) is 9.59 Å². The van der Waals surface area contributed by atoms with Crippen molar-refractivity contribution in [1.29, 1.82) is 0 Å². The summed E-state index contributed by atoms with van der Waals surface area (Å²) in [6, 6.07) is 16.7. The van der Waals surface area contributed by atoms with Crippen LogP contribution < -0.4 is 10.9 Å². The van der Waals surface area contributed by atoms with Crippen LogP contribution in [0.5, 0.6) is 0 Å². The Balaban J connectivity index is 1.56. The van der Waals surface area contributed by atoms with Crippen LogP contribution >= 0.6 is 0 Å². The molecule has 1 N–H and O–H groups in total. The van der Waals surface area contributed by atoms with E-state index in [1.54, 1.807) is 18.5 Å². The highest BCUT2D eigenvalue weighted by atomic mass is 16.1. The number of aromatic nitrogens is 3. The molecule has 0 aliphatic heterocycles. The third-order valence-corrected chi connectivity index (χ3v) is 4.27. The van der Waals surface area contributed by atoms with Gasteiger partial charge < -0.3 is 5.32 Å². The lowest BCUT2D eigenvalue weighted by atomic mass is 10.1.